The molecule has 1 rings (SSSR count). The summed E-state index contributed by atoms with van der Waals surface area (Å²) in [6, 6.07) is 0. The molecule has 0 spiro atoms. The van der Waals surface area contributed by atoms with E-state index in [0.717, 1.165) is 6.42 Å². The van der Waals surface area contributed by atoms with Gasteiger partial charge in [0.1, 0.15) is 13.2 Å². The van der Waals surface area contributed by atoms with Crippen LogP contribution in [-0.2, 0) is 23.8 Å². The van der Waals surface area contributed by atoms with Gasteiger partial charge in [-0.3, -0.25) is 9.59 Å². The van der Waals surface area contributed by atoms with Crippen molar-refractivity contribution in [2.45, 2.75) is 39.4 Å². The molecule has 0 aromatic rings. The van der Waals surface area contributed by atoms with Gasteiger partial charge in [0.15, 0.2) is 0 Å². The summed E-state index contributed by atoms with van der Waals surface area (Å²) in [6.07, 6.45) is 0.642. The van der Waals surface area contributed by atoms with Gasteiger partial charge in [0.05, 0.1) is 12.2 Å². The Morgan fingerprint density at radius 3 is 2.31 bits per heavy atom. The van der Waals surface area contributed by atoms with E-state index in [1.54, 1.807) is 0 Å². The molecule has 0 amide bonds. The molecule has 0 aromatic heterocycles. The number of hydrogen-bond donors (Lipinski definition) is 0. The summed E-state index contributed by atoms with van der Waals surface area (Å²) in [5.41, 5.74) is 0. The van der Waals surface area contributed by atoms with Crippen molar-refractivity contribution in [1.82, 2.24) is 0 Å². The van der Waals surface area contributed by atoms with Crippen LogP contribution in [0.25, 0.3) is 0 Å². The topological polar surface area (TPSA) is 61.8 Å². The molecule has 1 saturated heterocycles. The molecule has 5 nitrogen and oxygen atoms in total. The third kappa shape index (κ3) is 4.18. The second-order valence-corrected chi connectivity index (χ2v) is 4.11. The minimum absolute atomic E-state index is 0.0838. The number of rotatable bonds is 4. The fourth-order valence-corrected chi connectivity index (χ4v) is 1.72. The SMILES string of the molecule is CC(=O)OC[C@H]1C[C@@H](C)[C@H](COC(C)=O)O1. The molecule has 0 bridgehead atoms. The summed E-state index contributed by atoms with van der Waals surface area (Å²) in [7, 11) is 0. The number of hydrogen-bond acceptors (Lipinski definition) is 5. The van der Waals surface area contributed by atoms with E-state index in [9.17, 15) is 9.59 Å². The molecule has 0 radical (unpaired) electrons. The first-order valence-electron chi connectivity index (χ1n) is 5.41. The van der Waals surface area contributed by atoms with Gasteiger partial charge in [-0.25, -0.2) is 0 Å². The maximum Gasteiger partial charge on any atom is 0.302 e. The average Bonchev–Trinajstić information content (AvgIpc) is 2.53. The summed E-state index contributed by atoms with van der Waals surface area (Å²) >= 11 is 0. The van der Waals surface area contributed by atoms with Crippen molar-refractivity contribution in [3.63, 3.8) is 0 Å². The minimum atomic E-state index is -0.306. The molecule has 1 heterocycles. The number of carbonyl (C=O) groups is 2. The van der Waals surface area contributed by atoms with Gasteiger partial charge in [-0.15, -0.1) is 0 Å². The summed E-state index contributed by atoms with van der Waals surface area (Å²) < 4.78 is 15.4. The highest BCUT2D eigenvalue weighted by Crippen LogP contribution is 2.26. The first-order chi connectivity index (χ1) is 7.49. The molecule has 0 unspecified atom stereocenters. The Morgan fingerprint density at radius 2 is 1.75 bits per heavy atom. The van der Waals surface area contributed by atoms with Gasteiger partial charge in [-0.2, -0.15) is 0 Å². The molecule has 0 aromatic carbocycles. The van der Waals surface area contributed by atoms with Crippen LogP contribution in [0.15, 0.2) is 0 Å². The van der Waals surface area contributed by atoms with Crippen molar-refractivity contribution in [3.8, 4) is 0 Å². The lowest BCUT2D eigenvalue weighted by molar-refractivity contribution is -0.148. The molecule has 1 fully saturated rings. The molecule has 0 N–H and O–H groups in total. The van der Waals surface area contributed by atoms with Gasteiger partial charge in [-0.05, 0) is 12.3 Å². The largest absolute Gasteiger partial charge is 0.463 e. The average molecular weight is 230 g/mol. The van der Waals surface area contributed by atoms with Gasteiger partial charge in [0.25, 0.3) is 0 Å². The second-order valence-electron chi connectivity index (χ2n) is 4.11. The molecule has 0 aliphatic carbocycles. The van der Waals surface area contributed by atoms with Gasteiger partial charge >= 0.3 is 11.9 Å². The number of esters is 2. The maximum absolute atomic E-state index is 10.7. The molecule has 92 valence electrons. The van der Waals surface area contributed by atoms with E-state index >= 15 is 0 Å². The predicted molar refractivity (Wildman–Crippen MR) is 55.7 cm³/mol. The lowest BCUT2D eigenvalue weighted by Gasteiger charge is -2.14. The molecule has 0 saturated carbocycles. The van der Waals surface area contributed by atoms with E-state index in [4.69, 9.17) is 14.2 Å². The lowest BCUT2D eigenvalue weighted by Crippen LogP contribution is -2.24. The zero-order chi connectivity index (χ0) is 12.1. The smallest absolute Gasteiger partial charge is 0.302 e. The third-order valence-electron chi connectivity index (χ3n) is 2.56. The van der Waals surface area contributed by atoms with Crippen LogP contribution in [0, 0.1) is 5.92 Å². The Morgan fingerprint density at radius 1 is 1.19 bits per heavy atom. The Kier molecular flexibility index (Phi) is 4.73. The van der Waals surface area contributed by atoms with E-state index in [-0.39, 0.29) is 37.4 Å². The molecule has 16 heavy (non-hydrogen) atoms. The molecular formula is C11H18O5. The Balaban J connectivity index is 2.29. The standard InChI is InChI=1S/C11H18O5/c1-7-4-10(5-14-8(2)12)16-11(7)6-15-9(3)13/h7,10-11H,4-6H2,1-3H3/t7-,10-,11+/m1/s1. The van der Waals surface area contributed by atoms with Crippen molar-refractivity contribution in [2.24, 2.45) is 5.92 Å². The van der Waals surface area contributed by atoms with Crippen LogP contribution in [0.2, 0.25) is 0 Å². The first-order valence-corrected chi connectivity index (χ1v) is 5.41. The van der Waals surface area contributed by atoms with E-state index in [1.807, 2.05) is 6.92 Å². The number of ether oxygens (including phenoxy) is 3. The summed E-state index contributed by atoms with van der Waals surface area (Å²) in [5, 5.41) is 0. The molecule has 5 heteroatoms. The van der Waals surface area contributed by atoms with Crippen LogP contribution >= 0.6 is 0 Å². The second kappa shape index (κ2) is 5.84. The Hall–Kier alpha value is -1.10. The van der Waals surface area contributed by atoms with Gasteiger partial charge < -0.3 is 14.2 Å². The quantitative estimate of drug-likeness (QED) is 0.672. The highest BCUT2D eigenvalue weighted by atomic mass is 16.6. The lowest BCUT2D eigenvalue weighted by atomic mass is 10.0. The van der Waals surface area contributed by atoms with E-state index in [1.165, 1.54) is 13.8 Å². The Bertz CT molecular complexity index is 263. The van der Waals surface area contributed by atoms with E-state index in [0.29, 0.717) is 5.92 Å². The molecule has 3 atom stereocenters. The van der Waals surface area contributed by atoms with Crippen LogP contribution in [0.3, 0.4) is 0 Å². The van der Waals surface area contributed by atoms with Crippen molar-refractivity contribution >= 4 is 11.9 Å². The highest BCUT2D eigenvalue weighted by Gasteiger charge is 2.33. The fourth-order valence-electron chi connectivity index (χ4n) is 1.72. The molecular weight excluding hydrogens is 212 g/mol. The van der Waals surface area contributed by atoms with E-state index < -0.39 is 0 Å². The van der Waals surface area contributed by atoms with Crippen molar-refractivity contribution in [1.29, 1.82) is 0 Å². The fraction of sp³-hybridized carbons (Fsp3) is 0.818. The van der Waals surface area contributed by atoms with Crippen LogP contribution in [0.4, 0.5) is 0 Å². The van der Waals surface area contributed by atoms with Crippen molar-refractivity contribution in [2.75, 3.05) is 13.2 Å². The normalized spacial score (nSPS) is 28.8. The Labute approximate surface area is 95.0 Å². The van der Waals surface area contributed by atoms with Crippen LogP contribution in [-0.4, -0.2) is 37.4 Å². The van der Waals surface area contributed by atoms with Crippen molar-refractivity contribution in [3.05, 3.63) is 0 Å². The summed E-state index contributed by atoms with van der Waals surface area (Å²) in [4.78, 5) is 21.3. The molecule has 1 aliphatic heterocycles. The predicted octanol–water partition coefficient (Wildman–Crippen LogP) is 0.906. The molecule has 1 aliphatic rings. The first kappa shape index (κ1) is 13.0. The van der Waals surface area contributed by atoms with Gasteiger partial charge in [0, 0.05) is 13.8 Å². The van der Waals surface area contributed by atoms with Crippen LogP contribution in [0.1, 0.15) is 27.2 Å². The van der Waals surface area contributed by atoms with Gasteiger partial charge in [0.2, 0.25) is 0 Å². The zero-order valence-corrected chi connectivity index (χ0v) is 9.89. The van der Waals surface area contributed by atoms with Gasteiger partial charge in [-0.1, -0.05) is 6.92 Å². The monoisotopic (exact) mass is 230 g/mol. The van der Waals surface area contributed by atoms with Crippen molar-refractivity contribution < 1.29 is 23.8 Å². The minimum Gasteiger partial charge on any atom is -0.463 e. The summed E-state index contributed by atoms with van der Waals surface area (Å²) in [6.45, 7) is 5.32. The third-order valence-corrected chi connectivity index (χ3v) is 2.56. The maximum atomic E-state index is 10.7. The van der Waals surface area contributed by atoms with Crippen LogP contribution < -0.4 is 0 Å². The highest BCUT2D eigenvalue weighted by molar-refractivity contribution is 5.66. The van der Waals surface area contributed by atoms with E-state index in [2.05, 4.69) is 0 Å². The zero-order valence-electron chi connectivity index (χ0n) is 9.89. The number of carbonyl (C=O) groups excluding carboxylic acids is 2. The summed E-state index contributed by atoms with van der Waals surface area (Å²) in [5.74, 6) is -0.307. The van der Waals surface area contributed by atoms with Crippen LogP contribution in [0.5, 0.6) is 0 Å².